The molecule has 1 N–H and O–H groups in total. The second-order valence-electron chi connectivity index (χ2n) is 10.1. The SMILES string of the molecule is C=C(C)CN1C(=O)[C@]2(N[C@H](Cc3ccccc3)[C@H]3C(=O)N(c4cccc(Cl)c4)C(=O)[C@H]32)c2ccccc21. The summed E-state index contributed by atoms with van der Waals surface area (Å²) >= 11 is 6.22. The van der Waals surface area contributed by atoms with Crippen molar-refractivity contribution in [1.82, 2.24) is 5.32 Å². The predicted octanol–water partition coefficient (Wildman–Crippen LogP) is 4.48. The Balaban J connectivity index is 1.52. The molecule has 3 aromatic carbocycles. The van der Waals surface area contributed by atoms with E-state index in [9.17, 15) is 14.4 Å². The van der Waals surface area contributed by atoms with Gasteiger partial charge in [-0.25, -0.2) is 4.90 Å². The van der Waals surface area contributed by atoms with Crippen molar-refractivity contribution in [3.05, 3.63) is 107 Å². The molecule has 6 rings (SSSR count). The van der Waals surface area contributed by atoms with E-state index < -0.39 is 23.4 Å². The number of halogens is 1. The smallest absolute Gasteiger partial charge is 0.253 e. The summed E-state index contributed by atoms with van der Waals surface area (Å²) in [5.74, 6) is -2.53. The topological polar surface area (TPSA) is 69.7 Å². The average molecular weight is 512 g/mol. The van der Waals surface area contributed by atoms with Crippen LogP contribution in [0, 0.1) is 11.8 Å². The van der Waals surface area contributed by atoms with Gasteiger partial charge in [-0.3, -0.25) is 19.7 Å². The van der Waals surface area contributed by atoms with E-state index in [0.29, 0.717) is 23.7 Å². The molecule has 4 atom stereocenters. The van der Waals surface area contributed by atoms with Crippen LogP contribution in [0.2, 0.25) is 5.02 Å². The van der Waals surface area contributed by atoms with Crippen LogP contribution in [0.25, 0.3) is 0 Å². The molecule has 37 heavy (non-hydrogen) atoms. The minimum Gasteiger partial charge on any atom is -0.306 e. The zero-order chi connectivity index (χ0) is 25.9. The second kappa shape index (κ2) is 8.68. The lowest BCUT2D eigenvalue weighted by Crippen LogP contribution is -2.55. The van der Waals surface area contributed by atoms with Crippen molar-refractivity contribution in [3.8, 4) is 0 Å². The molecule has 6 nitrogen and oxygen atoms in total. The van der Waals surface area contributed by atoms with Crippen LogP contribution in [0.4, 0.5) is 11.4 Å². The Hall–Kier alpha value is -3.74. The van der Waals surface area contributed by atoms with Crippen molar-refractivity contribution in [3.63, 3.8) is 0 Å². The first kappa shape index (κ1) is 23.6. The van der Waals surface area contributed by atoms with Crippen molar-refractivity contribution in [2.45, 2.75) is 24.9 Å². The summed E-state index contributed by atoms with van der Waals surface area (Å²) in [7, 11) is 0. The van der Waals surface area contributed by atoms with Gasteiger partial charge in [0.1, 0.15) is 5.54 Å². The molecule has 0 aromatic heterocycles. The molecule has 3 aromatic rings. The summed E-state index contributed by atoms with van der Waals surface area (Å²) in [4.78, 5) is 45.4. The number of anilines is 2. The molecule has 3 heterocycles. The lowest BCUT2D eigenvalue weighted by molar-refractivity contribution is -0.132. The van der Waals surface area contributed by atoms with Gasteiger partial charge in [0.05, 0.1) is 17.5 Å². The van der Waals surface area contributed by atoms with Crippen molar-refractivity contribution in [1.29, 1.82) is 0 Å². The maximum Gasteiger partial charge on any atom is 0.253 e. The molecular formula is C30H26ClN3O3. The number of carbonyl (C=O) groups is 3. The number of benzene rings is 3. The number of fused-ring (bicyclic) bond motifs is 4. The van der Waals surface area contributed by atoms with Gasteiger partial charge in [0, 0.05) is 28.9 Å². The highest BCUT2D eigenvalue weighted by Crippen LogP contribution is 2.55. The number of hydrogen-bond acceptors (Lipinski definition) is 4. The first-order valence-corrected chi connectivity index (χ1v) is 12.7. The van der Waals surface area contributed by atoms with Gasteiger partial charge in [-0.05, 0) is 43.2 Å². The third-order valence-electron chi connectivity index (χ3n) is 7.66. The highest BCUT2D eigenvalue weighted by Gasteiger charge is 2.71. The molecule has 7 heteroatoms. The zero-order valence-electron chi connectivity index (χ0n) is 20.4. The standard InChI is InChI=1S/C30H26ClN3O3/c1-18(2)17-33-24-14-7-6-13-22(24)30(29(33)37)26-25(23(32-30)15-19-9-4-3-5-10-19)27(35)34(28(26)36)21-12-8-11-20(31)16-21/h3-14,16,23,25-26,32H,1,15,17H2,2H3/t23-,25-,26+,30+/m1/s1. The number of carbonyl (C=O) groups excluding carboxylic acids is 3. The van der Waals surface area contributed by atoms with Crippen LogP contribution < -0.4 is 15.1 Å². The van der Waals surface area contributed by atoms with Crippen LogP contribution in [-0.4, -0.2) is 30.3 Å². The summed E-state index contributed by atoms with van der Waals surface area (Å²) in [5.41, 5.74) is 2.38. The highest BCUT2D eigenvalue weighted by molar-refractivity contribution is 6.31. The van der Waals surface area contributed by atoms with Crippen molar-refractivity contribution < 1.29 is 14.4 Å². The maximum absolute atomic E-state index is 14.3. The van der Waals surface area contributed by atoms with E-state index in [1.165, 1.54) is 4.90 Å². The van der Waals surface area contributed by atoms with E-state index in [1.54, 1.807) is 29.2 Å². The van der Waals surface area contributed by atoms with Crippen molar-refractivity contribution >= 4 is 40.7 Å². The number of hydrogen-bond donors (Lipinski definition) is 1. The van der Waals surface area contributed by atoms with E-state index >= 15 is 0 Å². The van der Waals surface area contributed by atoms with Gasteiger partial charge in [-0.1, -0.05) is 78.4 Å². The maximum atomic E-state index is 14.3. The van der Waals surface area contributed by atoms with Gasteiger partial charge in [0.2, 0.25) is 11.8 Å². The van der Waals surface area contributed by atoms with E-state index in [-0.39, 0.29) is 17.7 Å². The average Bonchev–Trinajstić information content (AvgIpc) is 3.44. The van der Waals surface area contributed by atoms with Crippen LogP contribution in [0.3, 0.4) is 0 Å². The zero-order valence-corrected chi connectivity index (χ0v) is 21.1. The number of nitrogens with zero attached hydrogens (tertiary/aromatic N) is 2. The summed E-state index contributed by atoms with van der Waals surface area (Å²) < 4.78 is 0. The molecule has 2 fully saturated rings. The molecule has 0 unspecified atom stereocenters. The minimum atomic E-state index is -1.35. The van der Waals surface area contributed by atoms with Crippen LogP contribution in [-0.2, 0) is 26.3 Å². The summed E-state index contributed by atoms with van der Waals surface area (Å²) in [6, 6.07) is 23.7. The quantitative estimate of drug-likeness (QED) is 0.405. The molecule has 1 spiro atoms. The Bertz CT molecular complexity index is 1460. The third kappa shape index (κ3) is 3.47. The number of rotatable bonds is 5. The first-order valence-electron chi connectivity index (χ1n) is 12.3. The van der Waals surface area contributed by atoms with Crippen LogP contribution >= 0.6 is 11.6 Å². The third-order valence-corrected chi connectivity index (χ3v) is 7.89. The van der Waals surface area contributed by atoms with Gasteiger partial charge in [-0.15, -0.1) is 0 Å². The van der Waals surface area contributed by atoms with Crippen LogP contribution in [0.5, 0.6) is 0 Å². The van der Waals surface area contributed by atoms with Gasteiger partial charge >= 0.3 is 0 Å². The molecular weight excluding hydrogens is 486 g/mol. The van der Waals surface area contributed by atoms with Gasteiger partial charge in [-0.2, -0.15) is 0 Å². The van der Waals surface area contributed by atoms with E-state index in [2.05, 4.69) is 11.9 Å². The lowest BCUT2D eigenvalue weighted by Gasteiger charge is -2.31. The monoisotopic (exact) mass is 511 g/mol. The van der Waals surface area contributed by atoms with Crippen LogP contribution in [0.15, 0.2) is 91.0 Å². The van der Waals surface area contributed by atoms with Gasteiger partial charge in [0.25, 0.3) is 5.91 Å². The molecule has 2 saturated heterocycles. The predicted molar refractivity (Wildman–Crippen MR) is 143 cm³/mol. The number of imide groups is 1. The van der Waals surface area contributed by atoms with Gasteiger partial charge in [0.15, 0.2) is 0 Å². The number of para-hydroxylation sites is 1. The number of amides is 3. The highest BCUT2D eigenvalue weighted by atomic mass is 35.5. The number of nitrogens with one attached hydrogen (secondary N) is 1. The molecule has 0 aliphatic carbocycles. The second-order valence-corrected chi connectivity index (χ2v) is 10.5. The summed E-state index contributed by atoms with van der Waals surface area (Å²) in [5, 5.41) is 3.98. The fraction of sp³-hybridized carbons (Fsp3) is 0.233. The normalized spacial score (nSPS) is 26.2. The Morgan fingerprint density at radius 1 is 0.973 bits per heavy atom. The fourth-order valence-corrected chi connectivity index (χ4v) is 6.47. The largest absolute Gasteiger partial charge is 0.306 e. The molecule has 3 amide bonds. The summed E-state index contributed by atoms with van der Waals surface area (Å²) in [6.45, 7) is 6.21. The Labute approximate surface area is 220 Å². The Morgan fingerprint density at radius 2 is 1.70 bits per heavy atom. The molecule has 186 valence electrons. The summed E-state index contributed by atoms with van der Waals surface area (Å²) in [6.07, 6.45) is 0.502. The molecule has 3 aliphatic rings. The van der Waals surface area contributed by atoms with Crippen LogP contribution in [0.1, 0.15) is 18.1 Å². The van der Waals surface area contributed by atoms with E-state index in [1.807, 2.05) is 61.5 Å². The molecule has 3 aliphatic heterocycles. The van der Waals surface area contributed by atoms with Crippen molar-refractivity contribution in [2.75, 3.05) is 16.3 Å². The molecule has 0 saturated carbocycles. The fourth-order valence-electron chi connectivity index (χ4n) is 6.29. The van der Waals surface area contributed by atoms with Crippen molar-refractivity contribution in [2.24, 2.45) is 11.8 Å². The first-order chi connectivity index (χ1) is 17.8. The van der Waals surface area contributed by atoms with E-state index in [0.717, 1.165) is 22.4 Å². The molecule has 0 radical (unpaired) electrons. The molecule has 0 bridgehead atoms. The lowest BCUT2D eigenvalue weighted by atomic mass is 9.76. The minimum absolute atomic E-state index is 0.226. The Kier molecular flexibility index (Phi) is 5.55. The van der Waals surface area contributed by atoms with Gasteiger partial charge < -0.3 is 4.90 Å². The Morgan fingerprint density at radius 3 is 2.43 bits per heavy atom. The van der Waals surface area contributed by atoms with E-state index in [4.69, 9.17) is 11.6 Å².